The molecule has 0 aromatic heterocycles. The molecule has 2 N–H and O–H groups in total. The molecule has 0 spiro atoms. The Hall–Kier alpha value is 1.72. The molecule has 1 aliphatic rings. The van der Waals surface area contributed by atoms with Crippen LogP contribution < -0.4 is 5.09 Å². The average molecular weight is 428 g/mol. The summed E-state index contributed by atoms with van der Waals surface area (Å²) in [6.07, 6.45) is 0.593. The van der Waals surface area contributed by atoms with Crippen LogP contribution in [0.15, 0.2) is 0 Å². The Bertz CT molecular complexity index is 477. The molecule has 2 unspecified atom stereocenters. The topological polar surface area (TPSA) is 95.9 Å². The summed E-state index contributed by atoms with van der Waals surface area (Å²) in [5.74, 6) is 0.467. The van der Waals surface area contributed by atoms with E-state index in [1.54, 1.807) is 4.67 Å². The maximum atomic E-state index is 12.8. The third kappa shape index (κ3) is 8.71. The number of thioether (sulfide) groups is 1. The summed E-state index contributed by atoms with van der Waals surface area (Å²) in [4.78, 5) is 0. The summed E-state index contributed by atoms with van der Waals surface area (Å²) in [6.45, 7) is 1.05. The first-order valence-electron chi connectivity index (χ1n) is 6.27. The fourth-order valence-electron chi connectivity index (χ4n) is 1.72. The maximum Gasteiger partial charge on any atom is 2.00 e. The van der Waals surface area contributed by atoms with Crippen LogP contribution in [0.1, 0.15) is 9.27 Å². The third-order valence-electron chi connectivity index (χ3n) is 2.67. The van der Waals surface area contributed by atoms with Gasteiger partial charge in [-0.25, -0.2) is 9.76 Å². The molecule has 130 valence electrons. The van der Waals surface area contributed by atoms with E-state index in [0.717, 1.165) is 0 Å². The smallest absolute Gasteiger partial charge is 1.00 e. The van der Waals surface area contributed by atoms with Crippen molar-refractivity contribution in [1.82, 2.24) is 9.76 Å². The summed E-state index contributed by atoms with van der Waals surface area (Å²) in [6, 6.07) is 0. The molecule has 1 heterocycles. The standard InChI is InChI=1S/C9H19Cl2N2O5PS2.Mg.2H/c10-2-4-13(5-3-11)19(14)12-9(1-6-18-19)20-7-8-21(15,16)17;;;/h9H,1-8H2,(H,12,14)(H,15,16,17);;;/q;+2;2*-1. The molecule has 0 radical (unpaired) electrons. The van der Waals surface area contributed by atoms with Gasteiger partial charge in [0.15, 0.2) is 0 Å². The molecule has 0 aromatic carbocycles. The molecule has 0 amide bonds. The van der Waals surface area contributed by atoms with Crippen LogP contribution in [-0.4, -0.2) is 89.0 Å². The largest absolute Gasteiger partial charge is 2.00 e. The minimum Gasteiger partial charge on any atom is -1.00 e. The van der Waals surface area contributed by atoms with Gasteiger partial charge >= 0.3 is 30.7 Å². The number of nitrogens with zero attached hydrogens (tertiary/aromatic N) is 1. The van der Waals surface area contributed by atoms with Gasteiger partial charge in [-0.2, -0.15) is 8.42 Å². The number of hydrogen-bond acceptors (Lipinski definition) is 5. The Labute approximate surface area is 164 Å². The molecule has 0 aromatic rings. The van der Waals surface area contributed by atoms with E-state index in [2.05, 4.69) is 5.09 Å². The summed E-state index contributed by atoms with van der Waals surface area (Å²) in [7, 11) is -7.19. The van der Waals surface area contributed by atoms with Crippen LogP contribution in [0, 0.1) is 0 Å². The summed E-state index contributed by atoms with van der Waals surface area (Å²) in [5, 5.41) is 2.71. The van der Waals surface area contributed by atoms with Gasteiger partial charge in [-0.05, 0) is 6.42 Å². The van der Waals surface area contributed by atoms with Crippen molar-refractivity contribution in [3.05, 3.63) is 0 Å². The second-order valence-electron chi connectivity index (χ2n) is 4.25. The van der Waals surface area contributed by atoms with E-state index in [4.69, 9.17) is 32.3 Å². The molecular formula is C9H21Cl2MgN2O5PS2. The van der Waals surface area contributed by atoms with Gasteiger partial charge in [-0.3, -0.25) is 9.12 Å². The Morgan fingerprint density at radius 1 is 1.41 bits per heavy atom. The van der Waals surface area contributed by atoms with E-state index in [-0.39, 0.29) is 42.8 Å². The second kappa shape index (κ2) is 11.4. The molecular weight excluding hydrogens is 406 g/mol. The molecule has 0 aliphatic carbocycles. The fraction of sp³-hybridized carbons (Fsp3) is 1.00. The van der Waals surface area contributed by atoms with Crippen LogP contribution in [0.5, 0.6) is 0 Å². The molecule has 1 rings (SSSR count). The molecule has 0 saturated carbocycles. The monoisotopic (exact) mass is 426 g/mol. The van der Waals surface area contributed by atoms with Gasteiger partial charge in [0, 0.05) is 30.6 Å². The number of alkyl halides is 2. The molecule has 7 nitrogen and oxygen atoms in total. The van der Waals surface area contributed by atoms with Crippen LogP contribution in [0.2, 0.25) is 0 Å². The van der Waals surface area contributed by atoms with Gasteiger partial charge in [0.05, 0.1) is 17.7 Å². The number of halogens is 2. The molecule has 0 bridgehead atoms. The Morgan fingerprint density at radius 3 is 2.50 bits per heavy atom. The van der Waals surface area contributed by atoms with Crippen LogP contribution in [0.25, 0.3) is 0 Å². The van der Waals surface area contributed by atoms with Crippen molar-refractivity contribution in [2.45, 2.75) is 11.8 Å². The van der Waals surface area contributed by atoms with Gasteiger partial charge in [0.2, 0.25) is 0 Å². The van der Waals surface area contributed by atoms with Gasteiger partial charge < -0.3 is 7.38 Å². The molecule has 1 fully saturated rings. The summed E-state index contributed by atoms with van der Waals surface area (Å²) in [5.41, 5.74) is 0. The van der Waals surface area contributed by atoms with Crippen molar-refractivity contribution < 1.29 is 24.9 Å². The zero-order valence-electron chi connectivity index (χ0n) is 14.0. The van der Waals surface area contributed by atoms with Crippen molar-refractivity contribution in [3.8, 4) is 0 Å². The van der Waals surface area contributed by atoms with Crippen LogP contribution in [-0.2, 0) is 19.2 Å². The SMILES string of the molecule is O=P1(N(CCCl)CCCl)NC(SCCS(=O)(=O)O)CCO1.[H-].[H-].[Mg+2]. The maximum absolute atomic E-state index is 12.8. The van der Waals surface area contributed by atoms with Crippen LogP contribution >= 0.6 is 42.6 Å². The van der Waals surface area contributed by atoms with Crippen molar-refractivity contribution >= 4 is 75.8 Å². The van der Waals surface area contributed by atoms with E-state index in [0.29, 0.717) is 37.9 Å². The van der Waals surface area contributed by atoms with E-state index in [1.807, 2.05) is 0 Å². The molecule has 1 aliphatic heterocycles. The predicted octanol–water partition coefficient (Wildman–Crippen LogP) is 1.68. The summed E-state index contributed by atoms with van der Waals surface area (Å²) < 4.78 is 49.8. The predicted molar refractivity (Wildman–Crippen MR) is 95.0 cm³/mol. The molecule has 1 saturated heterocycles. The summed E-state index contributed by atoms with van der Waals surface area (Å²) >= 11 is 12.7. The van der Waals surface area contributed by atoms with Gasteiger partial charge in [-0.1, -0.05) is 0 Å². The van der Waals surface area contributed by atoms with Crippen LogP contribution in [0.4, 0.5) is 0 Å². The number of hydrogen-bond donors (Lipinski definition) is 2. The van der Waals surface area contributed by atoms with E-state index in [9.17, 15) is 13.0 Å². The number of rotatable bonds is 9. The Morgan fingerprint density at radius 2 is 2.00 bits per heavy atom. The Kier molecular flexibility index (Phi) is 12.2. The number of nitrogens with one attached hydrogen (secondary N) is 1. The Balaban J connectivity index is -0.00000147. The quantitative estimate of drug-likeness (QED) is 0.248. The first-order chi connectivity index (χ1) is 9.80. The van der Waals surface area contributed by atoms with Crippen LogP contribution in [0.3, 0.4) is 0 Å². The first-order valence-corrected chi connectivity index (χ1v) is 11.6. The van der Waals surface area contributed by atoms with Crippen molar-refractivity contribution in [2.75, 3.05) is 43.0 Å². The van der Waals surface area contributed by atoms with E-state index >= 15 is 0 Å². The van der Waals surface area contributed by atoms with Crippen molar-refractivity contribution in [2.24, 2.45) is 0 Å². The van der Waals surface area contributed by atoms with E-state index in [1.165, 1.54) is 11.8 Å². The minimum absolute atomic E-state index is 0. The minimum atomic E-state index is -3.98. The normalized spacial score (nSPS) is 25.9. The second-order valence-corrected chi connectivity index (χ2v) is 10.0. The zero-order valence-corrected chi connectivity index (χ0v) is 17.4. The van der Waals surface area contributed by atoms with Crippen molar-refractivity contribution in [3.63, 3.8) is 0 Å². The van der Waals surface area contributed by atoms with Gasteiger partial charge in [0.25, 0.3) is 10.1 Å². The van der Waals surface area contributed by atoms with Gasteiger partial charge in [-0.15, -0.1) is 35.0 Å². The average Bonchev–Trinajstić information content (AvgIpc) is 2.37. The molecule has 2 atom stereocenters. The first kappa shape index (κ1) is 23.7. The third-order valence-corrected chi connectivity index (χ3v) is 7.67. The zero-order chi connectivity index (χ0) is 15.9. The molecule has 13 heteroatoms. The van der Waals surface area contributed by atoms with Crippen molar-refractivity contribution in [1.29, 1.82) is 0 Å². The fourth-order valence-corrected chi connectivity index (χ4v) is 6.81. The van der Waals surface area contributed by atoms with E-state index < -0.39 is 17.8 Å². The van der Waals surface area contributed by atoms with Gasteiger partial charge in [0.1, 0.15) is 0 Å². The molecule has 22 heavy (non-hydrogen) atoms.